The van der Waals surface area contributed by atoms with Crippen LogP contribution in [0.1, 0.15) is 56.7 Å². The molecular formula is C27H36N2O4. The molecule has 1 aromatic rings. The van der Waals surface area contributed by atoms with Crippen molar-refractivity contribution >= 4 is 5.91 Å². The summed E-state index contributed by atoms with van der Waals surface area (Å²) in [6, 6.07) is 3.93. The van der Waals surface area contributed by atoms with E-state index in [4.69, 9.17) is 14.2 Å². The molecule has 6 nitrogen and oxygen atoms in total. The summed E-state index contributed by atoms with van der Waals surface area (Å²) in [6.07, 6.45) is 15.3. The van der Waals surface area contributed by atoms with Crippen LogP contribution in [0.25, 0.3) is 0 Å². The molecule has 3 rings (SSSR count). The van der Waals surface area contributed by atoms with Gasteiger partial charge in [0.15, 0.2) is 11.5 Å². The van der Waals surface area contributed by atoms with Crippen LogP contribution < -0.4 is 0 Å². The Morgan fingerprint density at radius 1 is 1.27 bits per heavy atom. The van der Waals surface area contributed by atoms with Crippen LogP contribution in [0, 0.1) is 12.8 Å². The number of aryl methyl sites for hydroxylation is 1. The molecule has 1 fully saturated rings. The molecule has 0 radical (unpaired) electrons. The molecule has 0 saturated heterocycles. The van der Waals surface area contributed by atoms with Gasteiger partial charge in [-0.15, -0.1) is 0 Å². The summed E-state index contributed by atoms with van der Waals surface area (Å²) < 4.78 is 17.4. The number of nitrogens with zero attached hydrogens (tertiary/aromatic N) is 2. The minimum atomic E-state index is -0.291. The van der Waals surface area contributed by atoms with Crippen LogP contribution in [-0.2, 0) is 25.6 Å². The zero-order chi connectivity index (χ0) is 23.6. The zero-order valence-electron chi connectivity index (χ0n) is 20.1. The monoisotopic (exact) mass is 452 g/mol. The summed E-state index contributed by atoms with van der Waals surface area (Å²) in [5.41, 5.74) is 2.46. The number of methoxy groups -OCH3 is 1. The Morgan fingerprint density at radius 2 is 2.06 bits per heavy atom. The normalized spacial score (nSPS) is 19.8. The predicted molar refractivity (Wildman–Crippen MR) is 129 cm³/mol. The third-order valence-electron chi connectivity index (χ3n) is 6.10. The topological polar surface area (TPSA) is 60.9 Å². The number of hydrogen-bond acceptors (Lipinski definition) is 5. The standard InChI is InChI=1S/C27H36N2O4/c1-5-25(32-15-13-22-8-6-7-9-22)26(31-4)16-21(3)29-14-12-24(17-27(29)30)33-19-23-11-10-20(2)18-28-23/h5,10-12,14,16,18,22,24H,3,6-9,13,15,17,19H2,1-2,4H3/b25-5+,26-16+. The molecule has 0 N–H and O–H groups in total. The van der Waals surface area contributed by atoms with Gasteiger partial charge < -0.3 is 14.2 Å². The number of pyridine rings is 1. The van der Waals surface area contributed by atoms with E-state index in [9.17, 15) is 4.79 Å². The second-order valence-corrected chi connectivity index (χ2v) is 8.63. The highest BCUT2D eigenvalue weighted by Gasteiger charge is 2.24. The van der Waals surface area contributed by atoms with Crippen molar-refractivity contribution < 1.29 is 19.0 Å². The smallest absolute Gasteiger partial charge is 0.233 e. The van der Waals surface area contributed by atoms with Gasteiger partial charge in [0.2, 0.25) is 5.91 Å². The van der Waals surface area contributed by atoms with Gasteiger partial charge in [-0.2, -0.15) is 0 Å². The first-order valence-corrected chi connectivity index (χ1v) is 11.8. The lowest BCUT2D eigenvalue weighted by molar-refractivity contribution is -0.130. The van der Waals surface area contributed by atoms with Gasteiger partial charge in [0.25, 0.3) is 0 Å². The maximum Gasteiger partial charge on any atom is 0.233 e. The summed E-state index contributed by atoms with van der Waals surface area (Å²) in [4.78, 5) is 18.6. The van der Waals surface area contributed by atoms with Gasteiger partial charge in [-0.25, -0.2) is 0 Å². The maximum atomic E-state index is 12.7. The van der Waals surface area contributed by atoms with E-state index < -0.39 is 0 Å². The summed E-state index contributed by atoms with van der Waals surface area (Å²) in [6.45, 7) is 9.00. The average Bonchev–Trinajstić information content (AvgIpc) is 3.34. The fourth-order valence-corrected chi connectivity index (χ4v) is 4.13. The molecule has 178 valence electrons. The van der Waals surface area contributed by atoms with Crippen molar-refractivity contribution in [1.82, 2.24) is 9.88 Å². The summed E-state index contributed by atoms with van der Waals surface area (Å²) in [7, 11) is 1.60. The Kier molecular flexibility index (Phi) is 9.31. The summed E-state index contributed by atoms with van der Waals surface area (Å²) in [5, 5.41) is 0. The molecule has 33 heavy (non-hydrogen) atoms. The fraction of sp³-hybridized carbons (Fsp3) is 0.481. The number of hydrogen-bond donors (Lipinski definition) is 0. The largest absolute Gasteiger partial charge is 0.493 e. The third kappa shape index (κ3) is 7.32. The maximum absolute atomic E-state index is 12.7. The highest BCUT2D eigenvalue weighted by Crippen LogP contribution is 2.28. The first-order chi connectivity index (χ1) is 16.0. The predicted octanol–water partition coefficient (Wildman–Crippen LogP) is 5.57. The number of ether oxygens (including phenoxy) is 3. The highest BCUT2D eigenvalue weighted by molar-refractivity contribution is 5.81. The van der Waals surface area contributed by atoms with Crippen molar-refractivity contribution in [2.24, 2.45) is 5.92 Å². The van der Waals surface area contributed by atoms with Crippen LogP contribution in [0.3, 0.4) is 0 Å². The van der Waals surface area contributed by atoms with E-state index in [0.29, 0.717) is 30.4 Å². The van der Waals surface area contributed by atoms with Crippen molar-refractivity contribution in [2.45, 2.75) is 65.1 Å². The molecule has 1 atom stereocenters. The van der Waals surface area contributed by atoms with Crippen LogP contribution in [0.5, 0.6) is 0 Å². The third-order valence-corrected chi connectivity index (χ3v) is 6.10. The van der Waals surface area contributed by atoms with Crippen molar-refractivity contribution in [3.05, 3.63) is 77.8 Å². The molecule has 0 spiro atoms. The molecule has 1 aliphatic heterocycles. The number of amides is 1. The molecule has 1 saturated carbocycles. The molecule has 1 amide bonds. The SMILES string of the molecule is C=C(/C=C(OC)\C(=C/C)OCCC1CCCC1)N1C=CC(OCc2ccc(C)cn2)CC1=O. The summed E-state index contributed by atoms with van der Waals surface area (Å²) >= 11 is 0. The van der Waals surface area contributed by atoms with Gasteiger partial charge in [-0.3, -0.25) is 14.7 Å². The lowest BCUT2D eigenvalue weighted by Crippen LogP contribution is -2.32. The van der Waals surface area contributed by atoms with E-state index in [-0.39, 0.29) is 18.4 Å². The Bertz CT molecular complexity index is 895. The lowest BCUT2D eigenvalue weighted by Gasteiger charge is -2.26. The van der Waals surface area contributed by atoms with Crippen molar-refractivity contribution in [3.63, 3.8) is 0 Å². The second-order valence-electron chi connectivity index (χ2n) is 8.63. The summed E-state index contributed by atoms with van der Waals surface area (Å²) in [5.74, 6) is 1.90. The minimum absolute atomic E-state index is 0.0831. The number of aromatic nitrogens is 1. The lowest BCUT2D eigenvalue weighted by atomic mass is 10.1. The van der Waals surface area contributed by atoms with Gasteiger partial charge in [-0.05, 0) is 50.0 Å². The molecule has 0 aromatic carbocycles. The average molecular weight is 453 g/mol. The van der Waals surface area contributed by atoms with Crippen LogP contribution in [0.15, 0.2) is 66.6 Å². The van der Waals surface area contributed by atoms with Crippen LogP contribution in [0.4, 0.5) is 0 Å². The molecule has 6 heteroatoms. The van der Waals surface area contributed by atoms with Gasteiger partial charge >= 0.3 is 0 Å². The highest BCUT2D eigenvalue weighted by atomic mass is 16.5. The number of allylic oxidation sites excluding steroid dienone is 2. The Hall–Kier alpha value is -2.86. The van der Waals surface area contributed by atoms with Crippen molar-refractivity contribution in [3.8, 4) is 0 Å². The Labute approximate surface area is 197 Å². The van der Waals surface area contributed by atoms with Crippen molar-refractivity contribution in [1.29, 1.82) is 0 Å². The number of carbonyl (C=O) groups excluding carboxylic acids is 1. The van der Waals surface area contributed by atoms with Crippen LogP contribution in [0.2, 0.25) is 0 Å². The molecule has 1 aromatic heterocycles. The first-order valence-electron chi connectivity index (χ1n) is 11.8. The van der Waals surface area contributed by atoms with Crippen LogP contribution in [-0.4, -0.2) is 35.6 Å². The Morgan fingerprint density at radius 3 is 2.70 bits per heavy atom. The van der Waals surface area contributed by atoms with E-state index >= 15 is 0 Å². The van der Waals surface area contributed by atoms with E-state index in [1.165, 1.54) is 30.6 Å². The quantitative estimate of drug-likeness (QED) is 0.325. The molecule has 0 bridgehead atoms. The molecule has 1 unspecified atom stereocenters. The van der Waals surface area contributed by atoms with Gasteiger partial charge in [0.1, 0.15) is 0 Å². The molecular weight excluding hydrogens is 416 g/mol. The van der Waals surface area contributed by atoms with Gasteiger partial charge in [-0.1, -0.05) is 38.3 Å². The zero-order valence-corrected chi connectivity index (χ0v) is 20.1. The molecule has 2 aliphatic rings. The number of carbonyl (C=O) groups is 1. The van der Waals surface area contributed by atoms with E-state index in [1.807, 2.05) is 44.3 Å². The van der Waals surface area contributed by atoms with Gasteiger partial charge in [0.05, 0.1) is 38.5 Å². The van der Waals surface area contributed by atoms with E-state index in [0.717, 1.165) is 23.6 Å². The van der Waals surface area contributed by atoms with E-state index in [1.54, 1.807) is 19.4 Å². The fourth-order valence-electron chi connectivity index (χ4n) is 4.13. The van der Waals surface area contributed by atoms with Gasteiger partial charge in [0, 0.05) is 24.2 Å². The van der Waals surface area contributed by atoms with Crippen LogP contribution >= 0.6 is 0 Å². The van der Waals surface area contributed by atoms with Crippen molar-refractivity contribution in [2.75, 3.05) is 13.7 Å². The minimum Gasteiger partial charge on any atom is -0.493 e. The molecule has 1 aliphatic carbocycles. The van der Waals surface area contributed by atoms with E-state index in [2.05, 4.69) is 11.6 Å². The Balaban J connectivity index is 1.54. The molecule has 2 heterocycles. The first kappa shape index (κ1) is 24.8. The second kappa shape index (κ2) is 12.4. The number of rotatable bonds is 11.